The molecule has 1 aromatic rings. The number of phenolic OH excluding ortho intramolecular Hbond substituents is 1. The number of hydrogen-bond acceptors (Lipinski definition) is 4. The van der Waals surface area contributed by atoms with E-state index in [0.717, 1.165) is 11.1 Å². The summed E-state index contributed by atoms with van der Waals surface area (Å²) in [4.78, 5) is 22.6. The number of carbonyl (C=O) groups excluding carboxylic acids is 1. The molecule has 23 heavy (non-hydrogen) atoms. The van der Waals surface area contributed by atoms with Gasteiger partial charge < -0.3 is 20.3 Å². The van der Waals surface area contributed by atoms with Crippen LogP contribution in [0, 0.1) is 13.8 Å². The number of aliphatic carboxylic acids is 1. The van der Waals surface area contributed by atoms with Gasteiger partial charge in [-0.3, -0.25) is 4.79 Å². The van der Waals surface area contributed by atoms with Crippen molar-refractivity contribution in [3.05, 3.63) is 28.3 Å². The summed E-state index contributed by atoms with van der Waals surface area (Å²) in [5.74, 6) is -0.732. The Morgan fingerprint density at radius 1 is 1.26 bits per heavy atom. The number of hydrogen-bond donors (Lipinski definition) is 3. The number of aromatic hydroxyl groups is 1. The van der Waals surface area contributed by atoms with Gasteiger partial charge in [-0.05, 0) is 63.3 Å². The molecule has 0 saturated heterocycles. The molecule has 1 aromatic carbocycles. The first-order chi connectivity index (χ1) is 10.5. The molecule has 0 aliphatic heterocycles. The third-order valence-electron chi connectivity index (χ3n) is 3.38. The minimum atomic E-state index is -0.889. The van der Waals surface area contributed by atoms with Crippen LogP contribution in [0.4, 0.5) is 4.79 Å². The zero-order valence-electron chi connectivity index (χ0n) is 14.3. The lowest BCUT2D eigenvalue weighted by Gasteiger charge is -2.21. The SMILES string of the molecule is Cc1cc(CCC(=O)O)c(CNC(=O)OC(C)(C)C)c(C)c1O. The van der Waals surface area contributed by atoms with Crippen molar-refractivity contribution in [3.8, 4) is 5.75 Å². The summed E-state index contributed by atoms with van der Waals surface area (Å²) in [6.45, 7) is 9.00. The summed E-state index contributed by atoms with van der Waals surface area (Å²) in [5.41, 5.74) is 2.25. The zero-order chi connectivity index (χ0) is 17.8. The number of phenols is 1. The predicted octanol–water partition coefficient (Wildman–Crippen LogP) is 3.05. The van der Waals surface area contributed by atoms with E-state index in [2.05, 4.69) is 5.32 Å². The summed E-state index contributed by atoms with van der Waals surface area (Å²) < 4.78 is 5.18. The van der Waals surface area contributed by atoms with E-state index in [9.17, 15) is 14.7 Å². The maximum atomic E-state index is 11.8. The van der Waals surface area contributed by atoms with Gasteiger partial charge in [0.25, 0.3) is 0 Å². The molecule has 6 heteroatoms. The van der Waals surface area contributed by atoms with Crippen LogP contribution in [0.15, 0.2) is 6.07 Å². The molecule has 3 N–H and O–H groups in total. The van der Waals surface area contributed by atoms with E-state index in [4.69, 9.17) is 9.84 Å². The normalized spacial score (nSPS) is 11.2. The fourth-order valence-corrected chi connectivity index (χ4v) is 2.28. The molecule has 0 radical (unpaired) electrons. The predicted molar refractivity (Wildman–Crippen MR) is 86.6 cm³/mol. The highest BCUT2D eigenvalue weighted by Gasteiger charge is 2.18. The highest BCUT2D eigenvalue weighted by Crippen LogP contribution is 2.29. The van der Waals surface area contributed by atoms with Crippen LogP contribution in [0.25, 0.3) is 0 Å². The number of benzene rings is 1. The van der Waals surface area contributed by atoms with Gasteiger partial charge in [-0.15, -0.1) is 0 Å². The Kier molecular flexibility index (Phi) is 6.01. The standard InChI is InChI=1S/C17H25NO5/c1-10-8-12(6-7-14(19)20)13(11(2)15(10)21)9-18-16(22)23-17(3,4)5/h8,21H,6-7,9H2,1-5H3,(H,18,22)(H,19,20). The van der Waals surface area contributed by atoms with Crippen molar-refractivity contribution in [2.24, 2.45) is 0 Å². The number of carboxylic acid groups (broad SMARTS) is 1. The van der Waals surface area contributed by atoms with Crippen LogP contribution in [0.2, 0.25) is 0 Å². The fraction of sp³-hybridized carbons (Fsp3) is 0.529. The van der Waals surface area contributed by atoms with Crippen LogP contribution in [-0.4, -0.2) is 27.9 Å². The summed E-state index contributed by atoms with van der Waals surface area (Å²) >= 11 is 0. The molecule has 0 unspecified atom stereocenters. The monoisotopic (exact) mass is 323 g/mol. The van der Waals surface area contributed by atoms with Crippen molar-refractivity contribution in [1.29, 1.82) is 0 Å². The molecule has 6 nitrogen and oxygen atoms in total. The number of ether oxygens (including phenoxy) is 1. The van der Waals surface area contributed by atoms with Gasteiger partial charge in [0.1, 0.15) is 11.4 Å². The number of nitrogens with one attached hydrogen (secondary N) is 1. The largest absolute Gasteiger partial charge is 0.507 e. The number of rotatable bonds is 5. The zero-order valence-corrected chi connectivity index (χ0v) is 14.3. The molecule has 0 aromatic heterocycles. The van der Waals surface area contributed by atoms with Crippen molar-refractivity contribution in [2.45, 2.75) is 59.6 Å². The topological polar surface area (TPSA) is 95.9 Å². The van der Waals surface area contributed by atoms with Crippen LogP contribution in [0.1, 0.15) is 49.4 Å². The van der Waals surface area contributed by atoms with Gasteiger partial charge in [0, 0.05) is 13.0 Å². The summed E-state index contributed by atoms with van der Waals surface area (Å²) in [7, 11) is 0. The maximum absolute atomic E-state index is 11.8. The Morgan fingerprint density at radius 2 is 1.87 bits per heavy atom. The van der Waals surface area contributed by atoms with Crippen molar-refractivity contribution >= 4 is 12.1 Å². The number of carbonyl (C=O) groups is 2. The first-order valence-electron chi connectivity index (χ1n) is 7.51. The Morgan fingerprint density at radius 3 is 2.39 bits per heavy atom. The minimum absolute atomic E-state index is 0.0108. The maximum Gasteiger partial charge on any atom is 0.407 e. The highest BCUT2D eigenvalue weighted by molar-refractivity contribution is 5.68. The van der Waals surface area contributed by atoms with E-state index in [0.29, 0.717) is 17.5 Å². The van der Waals surface area contributed by atoms with Crippen LogP contribution in [0.3, 0.4) is 0 Å². The average Bonchev–Trinajstić information content (AvgIpc) is 2.39. The van der Waals surface area contributed by atoms with Crippen molar-refractivity contribution in [2.75, 3.05) is 0 Å². The van der Waals surface area contributed by atoms with Crippen LogP contribution in [-0.2, 0) is 22.5 Å². The van der Waals surface area contributed by atoms with Crippen molar-refractivity contribution in [1.82, 2.24) is 5.32 Å². The molecular formula is C17H25NO5. The van der Waals surface area contributed by atoms with E-state index in [1.807, 2.05) is 0 Å². The Bertz CT molecular complexity index is 602. The molecule has 0 spiro atoms. The molecule has 1 amide bonds. The van der Waals surface area contributed by atoms with Gasteiger partial charge in [-0.1, -0.05) is 6.07 Å². The Labute approximate surface area is 136 Å². The van der Waals surface area contributed by atoms with Gasteiger partial charge in [-0.2, -0.15) is 0 Å². The lowest BCUT2D eigenvalue weighted by atomic mass is 9.94. The van der Waals surface area contributed by atoms with E-state index in [-0.39, 0.29) is 18.7 Å². The molecule has 0 bridgehead atoms. The molecule has 128 valence electrons. The number of carboxylic acids is 1. The molecule has 1 rings (SSSR count). The Hall–Kier alpha value is -2.24. The van der Waals surface area contributed by atoms with Gasteiger partial charge >= 0.3 is 12.1 Å². The quantitative estimate of drug-likeness (QED) is 0.774. The minimum Gasteiger partial charge on any atom is -0.507 e. The van der Waals surface area contributed by atoms with Crippen molar-refractivity contribution < 1.29 is 24.5 Å². The first-order valence-corrected chi connectivity index (χ1v) is 7.51. The average molecular weight is 323 g/mol. The van der Waals surface area contributed by atoms with Crippen LogP contribution >= 0.6 is 0 Å². The molecule has 0 atom stereocenters. The summed E-state index contributed by atoms with van der Waals surface area (Å²) in [6, 6.07) is 1.76. The van der Waals surface area contributed by atoms with Crippen LogP contribution < -0.4 is 5.32 Å². The molecule has 0 aliphatic carbocycles. The first kappa shape index (κ1) is 18.8. The third kappa shape index (κ3) is 5.81. The van der Waals surface area contributed by atoms with Crippen molar-refractivity contribution in [3.63, 3.8) is 0 Å². The van der Waals surface area contributed by atoms with E-state index < -0.39 is 17.7 Å². The second kappa shape index (κ2) is 7.35. The lowest BCUT2D eigenvalue weighted by molar-refractivity contribution is -0.136. The molecule has 0 heterocycles. The summed E-state index contributed by atoms with van der Waals surface area (Å²) in [6.07, 6.45) is -0.229. The smallest absolute Gasteiger partial charge is 0.407 e. The third-order valence-corrected chi connectivity index (χ3v) is 3.38. The van der Waals surface area contributed by atoms with Gasteiger partial charge in [0.05, 0.1) is 0 Å². The second-order valence-electron chi connectivity index (χ2n) is 6.55. The van der Waals surface area contributed by atoms with Crippen LogP contribution in [0.5, 0.6) is 5.75 Å². The fourth-order valence-electron chi connectivity index (χ4n) is 2.28. The Balaban J connectivity index is 2.96. The van der Waals surface area contributed by atoms with E-state index in [1.165, 1.54) is 0 Å². The van der Waals surface area contributed by atoms with Gasteiger partial charge in [0.15, 0.2) is 0 Å². The number of alkyl carbamates (subject to hydrolysis) is 1. The van der Waals surface area contributed by atoms with E-state index in [1.54, 1.807) is 40.7 Å². The lowest BCUT2D eigenvalue weighted by Crippen LogP contribution is -2.32. The van der Waals surface area contributed by atoms with E-state index >= 15 is 0 Å². The van der Waals surface area contributed by atoms with Gasteiger partial charge in [0.2, 0.25) is 0 Å². The van der Waals surface area contributed by atoms with Gasteiger partial charge in [-0.25, -0.2) is 4.79 Å². The highest BCUT2D eigenvalue weighted by atomic mass is 16.6. The summed E-state index contributed by atoms with van der Waals surface area (Å²) in [5, 5.41) is 21.6. The number of amides is 1. The second-order valence-corrected chi connectivity index (χ2v) is 6.55. The molecule has 0 fully saturated rings. The molecular weight excluding hydrogens is 298 g/mol. The number of aryl methyl sites for hydroxylation is 2. The molecule has 0 saturated carbocycles. The molecule has 0 aliphatic rings.